The average molecular weight is 360 g/mol. The largest absolute Gasteiger partial charge is 0.334 e. The van der Waals surface area contributed by atoms with Gasteiger partial charge in [0.05, 0.1) is 46.0 Å². The van der Waals surface area contributed by atoms with E-state index >= 15 is 0 Å². The van der Waals surface area contributed by atoms with Crippen LogP contribution in [0.3, 0.4) is 0 Å². The molecule has 0 saturated carbocycles. The number of quaternary nitrogens is 1. The maximum atomic E-state index is 4.85. The minimum atomic E-state index is 0.756. The molecule has 5 nitrogen and oxygen atoms in total. The molecule has 1 aliphatic heterocycles. The van der Waals surface area contributed by atoms with E-state index in [0.29, 0.717) is 0 Å². The summed E-state index contributed by atoms with van der Waals surface area (Å²) in [6, 6.07) is 20.8. The van der Waals surface area contributed by atoms with E-state index in [4.69, 9.17) is 10.2 Å². The number of aromatic nitrogens is 2. The standard InChI is InChI=1S/C22H25N5/c1-25-12-14-26(15-13-25)23-16-21-18-27(17-19-8-4-2-5-9-19)24-22(21)20-10-6-3-7-11-20/h2-11,16,18H,12-15,17H2,1H3/p+1/b23-16-. The van der Waals surface area contributed by atoms with Gasteiger partial charge in [-0.1, -0.05) is 60.7 Å². The van der Waals surface area contributed by atoms with Crippen molar-refractivity contribution in [1.29, 1.82) is 0 Å². The van der Waals surface area contributed by atoms with E-state index in [2.05, 4.69) is 66.8 Å². The Morgan fingerprint density at radius 2 is 1.67 bits per heavy atom. The lowest BCUT2D eigenvalue weighted by atomic mass is 10.1. The lowest BCUT2D eigenvalue weighted by molar-refractivity contribution is -0.884. The van der Waals surface area contributed by atoms with Gasteiger partial charge in [-0.05, 0) is 5.56 Å². The highest BCUT2D eigenvalue weighted by molar-refractivity contribution is 5.88. The minimum absolute atomic E-state index is 0.756. The quantitative estimate of drug-likeness (QED) is 0.704. The fourth-order valence-corrected chi connectivity index (χ4v) is 3.34. The molecule has 2 heterocycles. The summed E-state index contributed by atoms with van der Waals surface area (Å²) in [5, 5.41) is 11.8. The number of nitrogens with zero attached hydrogens (tertiary/aromatic N) is 4. The van der Waals surface area contributed by atoms with Gasteiger partial charge in [-0.15, -0.1) is 0 Å². The highest BCUT2D eigenvalue weighted by Gasteiger charge is 2.15. The zero-order valence-electron chi connectivity index (χ0n) is 15.8. The number of hydrogen-bond acceptors (Lipinski definition) is 3. The first kappa shape index (κ1) is 17.5. The highest BCUT2D eigenvalue weighted by atomic mass is 15.5. The third-order valence-corrected chi connectivity index (χ3v) is 4.98. The Labute approximate surface area is 160 Å². The zero-order chi connectivity index (χ0) is 18.5. The second-order valence-electron chi connectivity index (χ2n) is 7.14. The van der Waals surface area contributed by atoms with E-state index in [1.54, 1.807) is 4.90 Å². The van der Waals surface area contributed by atoms with Gasteiger partial charge in [0.2, 0.25) is 0 Å². The van der Waals surface area contributed by atoms with Crippen molar-refractivity contribution in [1.82, 2.24) is 14.8 Å². The number of benzene rings is 2. The topological polar surface area (TPSA) is 37.9 Å². The Morgan fingerprint density at radius 1 is 1.00 bits per heavy atom. The second-order valence-corrected chi connectivity index (χ2v) is 7.14. The van der Waals surface area contributed by atoms with Crippen molar-refractivity contribution in [2.45, 2.75) is 6.54 Å². The average Bonchev–Trinajstić information content (AvgIpc) is 3.12. The normalized spacial score (nSPS) is 15.5. The second kappa shape index (κ2) is 8.18. The van der Waals surface area contributed by atoms with Crippen LogP contribution in [0, 0.1) is 0 Å². The number of hydrogen-bond donors (Lipinski definition) is 1. The molecule has 1 fully saturated rings. The molecular formula is C22H26N5+. The molecule has 138 valence electrons. The first-order chi connectivity index (χ1) is 13.3. The summed E-state index contributed by atoms with van der Waals surface area (Å²) in [6.45, 7) is 5.03. The van der Waals surface area contributed by atoms with Crippen LogP contribution >= 0.6 is 0 Å². The van der Waals surface area contributed by atoms with Crippen molar-refractivity contribution >= 4 is 6.21 Å². The van der Waals surface area contributed by atoms with Gasteiger partial charge in [-0.25, -0.2) is 0 Å². The van der Waals surface area contributed by atoms with Gasteiger partial charge < -0.3 is 4.90 Å². The summed E-state index contributed by atoms with van der Waals surface area (Å²) in [7, 11) is 2.24. The molecule has 2 aromatic carbocycles. The Hall–Kier alpha value is -2.92. The summed E-state index contributed by atoms with van der Waals surface area (Å²) in [5.74, 6) is 0. The Balaban J connectivity index is 1.60. The van der Waals surface area contributed by atoms with Crippen LogP contribution in [-0.4, -0.2) is 54.2 Å². The summed E-state index contributed by atoms with van der Waals surface area (Å²) in [5.41, 5.74) is 4.40. The van der Waals surface area contributed by atoms with Crippen molar-refractivity contribution in [3.8, 4) is 11.3 Å². The van der Waals surface area contributed by atoms with Gasteiger partial charge in [0.15, 0.2) is 0 Å². The maximum absolute atomic E-state index is 4.85. The fraction of sp³-hybridized carbons (Fsp3) is 0.273. The number of likely N-dealkylation sites (N-methyl/N-ethyl adjacent to an activating group) is 1. The third kappa shape index (κ3) is 4.44. The van der Waals surface area contributed by atoms with Crippen molar-refractivity contribution in [2.24, 2.45) is 5.10 Å². The molecule has 0 amide bonds. The molecule has 0 spiro atoms. The Bertz CT molecular complexity index is 878. The monoisotopic (exact) mass is 360 g/mol. The molecule has 0 unspecified atom stereocenters. The predicted octanol–water partition coefficient (Wildman–Crippen LogP) is 1.76. The van der Waals surface area contributed by atoms with Gasteiger partial charge >= 0.3 is 0 Å². The molecule has 0 radical (unpaired) electrons. The van der Waals surface area contributed by atoms with E-state index < -0.39 is 0 Å². The first-order valence-corrected chi connectivity index (χ1v) is 9.55. The SMILES string of the molecule is C[NH+]1CCN(/N=C\c2cn(Cc3ccccc3)nc2-c2ccccc2)CC1. The van der Waals surface area contributed by atoms with Gasteiger partial charge in [-0.2, -0.15) is 10.2 Å². The molecular weight excluding hydrogens is 334 g/mol. The van der Waals surface area contributed by atoms with Crippen LogP contribution in [0.2, 0.25) is 0 Å². The Morgan fingerprint density at radius 3 is 2.37 bits per heavy atom. The molecule has 1 saturated heterocycles. The number of hydrazone groups is 1. The molecule has 1 aromatic heterocycles. The molecule has 3 aromatic rings. The van der Waals surface area contributed by atoms with E-state index in [0.717, 1.165) is 49.5 Å². The summed E-state index contributed by atoms with van der Waals surface area (Å²) < 4.78 is 2.01. The van der Waals surface area contributed by atoms with Gasteiger partial charge in [0, 0.05) is 17.3 Å². The van der Waals surface area contributed by atoms with Crippen LogP contribution in [0.15, 0.2) is 72.0 Å². The molecule has 27 heavy (non-hydrogen) atoms. The fourth-order valence-electron chi connectivity index (χ4n) is 3.34. The van der Waals surface area contributed by atoms with Gasteiger partial charge in [0.25, 0.3) is 0 Å². The molecule has 1 N–H and O–H groups in total. The van der Waals surface area contributed by atoms with Crippen LogP contribution in [0.1, 0.15) is 11.1 Å². The van der Waals surface area contributed by atoms with Crippen molar-refractivity contribution in [2.75, 3.05) is 33.2 Å². The van der Waals surface area contributed by atoms with Crippen molar-refractivity contribution in [3.63, 3.8) is 0 Å². The van der Waals surface area contributed by atoms with Crippen LogP contribution in [-0.2, 0) is 6.54 Å². The molecule has 4 rings (SSSR count). The molecule has 0 atom stereocenters. The highest BCUT2D eigenvalue weighted by Crippen LogP contribution is 2.21. The number of nitrogens with one attached hydrogen (secondary N) is 1. The predicted molar refractivity (Wildman–Crippen MR) is 109 cm³/mol. The van der Waals surface area contributed by atoms with E-state index in [1.807, 2.05) is 23.0 Å². The lowest BCUT2D eigenvalue weighted by Gasteiger charge is -2.27. The Kier molecular flexibility index (Phi) is 5.30. The number of piperazine rings is 1. The molecule has 1 aliphatic rings. The van der Waals surface area contributed by atoms with Crippen LogP contribution in [0.4, 0.5) is 0 Å². The third-order valence-electron chi connectivity index (χ3n) is 4.98. The van der Waals surface area contributed by atoms with Crippen molar-refractivity contribution in [3.05, 3.63) is 78.0 Å². The maximum Gasteiger partial charge on any atom is 0.101 e. The van der Waals surface area contributed by atoms with E-state index in [-0.39, 0.29) is 0 Å². The summed E-state index contributed by atoms with van der Waals surface area (Å²) >= 11 is 0. The van der Waals surface area contributed by atoms with Crippen molar-refractivity contribution < 1.29 is 4.90 Å². The van der Waals surface area contributed by atoms with E-state index in [1.165, 1.54) is 5.56 Å². The smallest absolute Gasteiger partial charge is 0.101 e. The molecule has 5 heteroatoms. The molecule has 0 bridgehead atoms. The lowest BCUT2D eigenvalue weighted by Crippen LogP contribution is -3.11. The number of rotatable bonds is 5. The summed E-state index contributed by atoms with van der Waals surface area (Å²) in [4.78, 5) is 1.57. The van der Waals surface area contributed by atoms with E-state index in [9.17, 15) is 0 Å². The van der Waals surface area contributed by atoms with Crippen LogP contribution in [0.25, 0.3) is 11.3 Å². The van der Waals surface area contributed by atoms with Gasteiger partial charge in [0.1, 0.15) is 5.69 Å². The van der Waals surface area contributed by atoms with Gasteiger partial charge in [-0.3, -0.25) is 9.69 Å². The summed E-state index contributed by atoms with van der Waals surface area (Å²) in [6.07, 6.45) is 4.07. The zero-order valence-corrected chi connectivity index (χ0v) is 15.8. The van der Waals surface area contributed by atoms with Crippen LogP contribution in [0.5, 0.6) is 0 Å². The minimum Gasteiger partial charge on any atom is -0.334 e. The van der Waals surface area contributed by atoms with Crippen LogP contribution < -0.4 is 4.90 Å². The molecule has 0 aliphatic carbocycles. The first-order valence-electron chi connectivity index (χ1n) is 9.55.